The summed E-state index contributed by atoms with van der Waals surface area (Å²) in [5.41, 5.74) is 6.50. The molecule has 6 nitrogen and oxygen atoms in total. The van der Waals surface area contributed by atoms with Crippen molar-refractivity contribution in [2.24, 2.45) is 5.73 Å². The Morgan fingerprint density at radius 1 is 1.23 bits per heavy atom. The van der Waals surface area contributed by atoms with E-state index in [0.29, 0.717) is 18.0 Å². The van der Waals surface area contributed by atoms with Crippen molar-refractivity contribution in [2.75, 3.05) is 20.8 Å². The zero-order valence-electron chi connectivity index (χ0n) is 13.4. The Hall–Kier alpha value is -1.82. The molecular formula is C16H25N3O3. The van der Waals surface area contributed by atoms with Crippen molar-refractivity contribution in [2.45, 2.75) is 44.1 Å². The molecule has 1 aromatic rings. The van der Waals surface area contributed by atoms with E-state index < -0.39 is 0 Å². The minimum atomic E-state index is -0.306. The number of amides is 1. The second-order valence-corrected chi connectivity index (χ2v) is 5.87. The lowest BCUT2D eigenvalue weighted by Crippen LogP contribution is -2.49. The van der Waals surface area contributed by atoms with Crippen LogP contribution in [-0.4, -0.2) is 37.2 Å². The number of pyridine rings is 1. The Bertz CT molecular complexity index is 511. The van der Waals surface area contributed by atoms with E-state index in [9.17, 15) is 4.79 Å². The first-order chi connectivity index (χ1) is 10.6. The molecule has 0 aliphatic heterocycles. The van der Waals surface area contributed by atoms with E-state index in [1.54, 1.807) is 12.1 Å². The highest BCUT2D eigenvalue weighted by atomic mass is 16.5. The Labute approximate surface area is 131 Å². The van der Waals surface area contributed by atoms with E-state index in [0.717, 1.165) is 25.7 Å². The van der Waals surface area contributed by atoms with Crippen molar-refractivity contribution in [1.82, 2.24) is 10.3 Å². The molecule has 122 valence electrons. The minimum Gasteiger partial charge on any atom is -0.481 e. The Kier molecular flexibility index (Phi) is 5.60. The van der Waals surface area contributed by atoms with Gasteiger partial charge < -0.3 is 20.5 Å². The zero-order chi connectivity index (χ0) is 16.0. The van der Waals surface area contributed by atoms with Crippen LogP contribution in [0, 0.1) is 0 Å². The first-order valence-corrected chi connectivity index (χ1v) is 7.74. The summed E-state index contributed by atoms with van der Waals surface area (Å²) in [6.45, 7) is 0.473. The summed E-state index contributed by atoms with van der Waals surface area (Å²) in [4.78, 5) is 16.5. The molecule has 1 saturated carbocycles. The molecule has 0 radical (unpaired) electrons. The molecule has 6 heteroatoms. The second-order valence-electron chi connectivity index (χ2n) is 5.87. The van der Waals surface area contributed by atoms with E-state index in [1.807, 2.05) is 0 Å². The highest BCUT2D eigenvalue weighted by Gasteiger charge is 2.27. The highest BCUT2D eigenvalue weighted by molar-refractivity contribution is 5.96. The van der Waals surface area contributed by atoms with Gasteiger partial charge in [-0.2, -0.15) is 4.98 Å². The topological polar surface area (TPSA) is 86.5 Å². The molecule has 0 atom stereocenters. The van der Waals surface area contributed by atoms with Crippen molar-refractivity contribution >= 4 is 5.91 Å². The first-order valence-electron chi connectivity index (χ1n) is 7.74. The number of rotatable bonds is 5. The van der Waals surface area contributed by atoms with Gasteiger partial charge in [-0.3, -0.25) is 4.79 Å². The summed E-state index contributed by atoms with van der Waals surface area (Å²) in [7, 11) is 3.00. The number of hydrogen-bond donors (Lipinski definition) is 2. The van der Waals surface area contributed by atoms with Crippen LogP contribution in [0.4, 0.5) is 0 Å². The van der Waals surface area contributed by atoms with Gasteiger partial charge >= 0.3 is 0 Å². The Morgan fingerprint density at radius 3 is 2.50 bits per heavy atom. The molecule has 22 heavy (non-hydrogen) atoms. The number of nitrogens with two attached hydrogens (primary N) is 1. The lowest BCUT2D eigenvalue weighted by Gasteiger charge is -2.28. The predicted molar refractivity (Wildman–Crippen MR) is 84.3 cm³/mol. The molecule has 1 fully saturated rings. The maximum Gasteiger partial charge on any atom is 0.256 e. The van der Waals surface area contributed by atoms with Crippen LogP contribution in [0.25, 0.3) is 0 Å². The van der Waals surface area contributed by atoms with Crippen molar-refractivity contribution in [1.29, 1.82) is 0 Å². The predicted octanol–water partition coefficient (Wildman–Crippen LogP) is 1.88. The number of ether oxygens (including phenoxy) is 2. The van der Waals surface area contributed by atoms with Gasteiger partial charge in [-0.1, -0.05) is 25.7 Å². The normalized spacial score (nSPS) is 17.4. The first kappa shape index (κ1) is 16.5. The maximum atomic E-state index is 12.4. The van der Waals surface area contributed by atoms with Gasteiger partial charge in [0.15, 0.2) is 0 Å². The third kappa shape index (κ3) is 4.10. The van der Waals surface area contributed by atoms with Crippen LogP contribution in [0.5, 0.6) is 11.8 Å². The van der Waals surface area contributed by atoms with E-state index in [-0.39, 0.29) is 17.3 Å². The molecular weight excluding hydrogens is 282 g/mol. The molecule has 1 aliphatic rings. The number of methoxy groups -OCH3 is 2. The number of hydrogen-bond acceptors (Lipinski definition) is 5. The number of aromatic nitrogens is 1. The van der Waals surface area contributed by atoms with Crippen LogP contribution < -0.4 is 20.5 Å². The minimum absolute atomic E-state index is 0.221. The van der Waals surface area contributed by atoms with Gasteiger partial charge in [0.1, 0.15) is 5.56 Å². The van der Waals surface area contributed by atoms with E-state index in [1.165, 1.54) is 27.1 Å². The lowest BCUT2D eigenvalue weighted by molar-refractivity contribution is 0.0937. The van der Waals surface area contributed by atoms with Crippen LogP contribution in [0.3, 0.4) is 0 Å². The smallest absolute Gasteiger partial charge is 0.256 e. The summed E-state index contributed by atoms with van der Waals surface area (Å²) in [6.07, 6.45) is 6.60. The molecule has 1 aliphatic carbocycles. The SMILES string of the molecule is COc1ccc(C(=O)NCC2(N)CCCCCC2)c(OC)n1. The molecule has 3 N–H and O–H groups in total. The average Bonchev–Trinajstić information content (AvgIpc) is 2.77. The number of carbonyl (C=O) groups excluding carboxylic acids is 1. The molecule has 1 amide bonds. The zero-order valence-corrected chi connectivity index (χ0v) is 13.4. The van der Waals surface area contributed by atoms with Crippen LogP contribution in [0.1, 0.15) is 48.9 Å². The van der Waals surface area contributed by atoms with Crippen LogP contribution in [-0.2, 0) is 0 Å². The molecule has 0 spiro atoms. The Morgan fingerprint density at radius 2 is 1.91 bits per heavy atom. The molecule has 0 saturated heterocycles. The largest absolute Gasteiger partial charge is 0.481 e. The standard InChI is InChI=1S/C16H25N3O3/c1-21-13-8-7-12(15(19-13)22-2)14(20)18-11-16(17)9-5-3-4-6-10-16/h7-8H,3-6,9-11,17H2,1-2H3,(H,18,20). The molecule has 0 aromatic carbocycles. The van der Waals surface area contributed by atoms with E-state index in [4.69, 9.17) is 15.2 Å². The number of nitrogens with one attached hydrogen (secondary N) is 1. The fourth-order valence-electron chi connectivity index (χ4n) is 2.83. The van der Waals surface area contributed by atoms with Crippen molar-refractivity contribution < 1.29 is 14.3 Å². The van der Waals surface area contributed by atoms with E-state index >= 15 is 0 Å². The van der Waals surface area contributed by atoms with Gasteiger partial charge in [-0.05, 0) is 18.9 Å². The van der Waals surface area contributed by atoms with Crippen LogP contribution in [0.2, 0.25) is 0 Å². The quantitative estimate of drug-likeness (QED) is 0.811. The van der Waals surface area contributed by atoms with Gasteiger partial charge in [0.25, 0.3) is 5.91 Å². The van der Waals surface area contributed by atoms with Crippen LogP contribution in [0.15, 0.2) is 12.1 Å². The van der Waals surface area contributed by atoms with Crippen molar-refractivity contribution in [3.05, 3.63) is 17.7 Å². The fraction of sp³-hybridized carbons (Fsp3) is 0.625. The van der Waals surface area contributed by atoms with Gasteiger partial charge in [0.05, 0.1) is 14.2 Å². The molecule has 0 bridgehead atoms. The van der Waals surface area contributed by atoms with Crippen LogP contribution >= 0.6 is 0 Å². The van der Waals surface area contributed by atoms with Gasteiger partial charge in [0, 0.05) is 18.2 Å². The third-order valence-corrected chi connectivity index (χ3v) is 4.18. The average molecular weight is 307 g/mol. The van der Waals surface area contributed by atoms with Crippen molar-refractivity contribution in [3.63, 3.8) is 0 Å². The maximum absolute atomic E-state index is 12.4. The summed E-state index contributed by atoms with van der Waals surface area (Å²) >= 11 is 0. The summed E-state index contributed by atoms with van der Waals surface area (Å²) in [6, 6.07) is 3.29. The second kappa shape index (κ2) is 7.45. The van der Waals surface area contributed by atoms with E-state index in [2.05, 4.69) is 10.3 Å². The van der Waals surface area contributed by atoms with Crippen molar-refractivity contribution in [3.8, 4) is 11.8 Å². The van der Waals surface area contributed by atoms with Gasteiger partial charge in [0.2, 0.25) is 11.8 Å². The van der Waals surface area contributed by atoms with Gasteiger partial charge in [-0.25, -0.2) is 0 Å². The molecule has 0 unspecified atom stereocenters. The fourth-order valence-corrected chi connectivity index (χ4v) is 2.83. The Balaban J connectivity index is 2.02. The summed E-state index contributed by atoms with van der Waals surface area (Å²) in [5.74, 6) is 0.442. The third-order valence-electron chi connectivity index (χ3n) is 4.18. The molecule has 2 rings (SSSR count). The summed E-state index contributed by atoms with van der Waals surface area (Å²) in [5, 5.41) is 2.92. The number of nitrogens with zero attached hydrogens (tertiary/aromatic N) is 1. The monoisotopic (exact) mass is 307 g/mol. The lowest BCUT2D eigenvalue weighted by atomic mass is 9.91. The highest BCUT2D eigenvalue weighted by Crippen LogP contribution is 2.25. The summed E-state index contributed by atoms with van der Waals surface area (Å²) < 4.78 is 10.2. The van der Waals surface area contributed by atoms with Gasteiger partial charge in [-0.15, -0.1) is 0 Å². The molecule has 1 aromatic heterocycles. The number of carbonyl (C=O) groups is 1. The molecule has 1 heterocycles.